The van der Waals surface area contributed by atoms with Gasteiger partial charge in [-0.05, 0) is 77.3 Å². The number of anilines is 1. The van der Waals surface area contributed by atoms with Crippen LogP contribution in [0.1, 0.15) is 77.7 Å². The smallest absolute Gasteiger partial charge is 0.323 e. The molecule has 0 saturated heterocycles. The fraction of sp³-hybridized carbons (Fsp3) is 0.282. The highest BCUT2D eigenvalue weighted by molar-refractivity contribution is 7.85. The number of carbonyl (C=O) groups is 2. The number of carbonyl (C=O) groups excluding carboxylic acids is 2. The molecule has 4 aromatic rings. The van der Waals surface area contributed by atoms with Gasteiger partial charge in [0, 0.05) is 22.6 Å². The summed E-state index contributed by atoms with van der Waals surface area (Å²) in [6, 6.07) is 19.3. The number of allylic oxidation sites excluding steroid dienone is 1. The largest absolute Gasteiger partial charge is 0.416 e. The Morgan fingerprint density at radius 1 is 0.922 bits per heavy atom. The molecule has 4 rings (SSSR count). The Morgan fingerprint density at radius 2 is 1.57 bits per heavy atom. The van der Waals surface area contributed by atoms with Crippen LogP contribution in [-0.4, -0.2) is 30.4 Å². The third-order valence-electron chi connectivity index (χ3n) is 8.11. The minimum atomic E-state index is -4.59. The highest BCUT2D eigenvalue weighted by Crippen LogP contribution is 2.38. The number of halogens is 5. The van der Waals surface area contributed by atoms with Crippen LogP contribution in [0.4, 0.5) is 23.2 Å². The predicted octanol–water partition coefficient (Wildman–Crippen LogP) is 10.3. The van der Waals surface area contributed by atoms with Crippen molar-refractivity contribution >= 4 is 45.2 Å². The fourth-order valence-electron chi connectivity index (χ4n) is 5.37. The van der Waals surface area contributed by atoms with E-state index >= 15 is 4.39 Å². The van der Waals surface area contributed by atoms with Crippen LogP contribution in [0.15, 0.2) is 84.9 Å². The molecular formula is C39H38ClF4NO5S. The van der Waals surface area contributed by atoms with Crippen molar-refractivity contribution in [3.05, 3.63) is 129 Å². The van der Waals surface area contributed by atoms with Crippen LogP contribution in [0, 0.1) is 18.2 Å². The monoisotopic (exact) mass is 743 g/mol. The summed E-state index contributed by atoms with van der Waals surface area (Å²) in [5.41, 5.74) is 2.47. The van der Waals surface area contributed by atoms with E-state index in [-0.39, 0.29) is 52.3 Å². The number of alkyl halides is 3. The average molecular weight is 744 g/mol. The first-order chi connectivity index (χ1) is 23.7. The molecule has 4 aromatic carbocycles. The average Bonchev–Trinajstić information content (AvgIpc) is 3.03. The first-order valence-electron chi connectivity index (χ1n) is 16.0. The van der Waals surface area contributed by atoms with E-state index in [4.69, 9.17) is 16.2 Å². The molecule has 1 atom stereocenters. The van der Waals surface area contributed by atoms with E-state index in [0.717, 1.165) is 23.8 Å². The number of benzene rings is 4. The molecule has 2 N–H and O–H groups in total. The number of aryl methyl sites for hydroxylation is 1. The van der Waals surface area contributed by atoms with Crippen molar-refractivity contribution in [2.24, 2.45) is 5.41 Å². The summed E-state index contributed by atoms with van der Waals surface area (Å²) >= 11 is 6.18. The highest BCUT2D eigenvalue weighted by Gasteiger charge is 2.31. The topological polar surface area (TPSA) is 101 Å². The second kappa shape index (κ2) is 15.9. The Labute approximate surface area is 300 Å². The molecule has 6 nitrogen and oxygen atoms in total. The van der Waals surface area contributed by atoms with E-state index in [9.17, 15) is 31.2 Å². The van der Waals surface area contributed by atoms with E-state index in [0.29, 0.717) is 22.3 Å². The number of hydrogen-bond donors (Lipinski definition) is 2. The van der Waals surface area contributed by atoms with Gasteiger partial charge in [-0.15, -0.1) is 0 Å². The van der Waals surface area contributed by atoms with Gasteiger partial charge in [-0.25, -0.2) is 4.39 Å². The Morgan fingerprint density at radius 3 is 2.14 bits per heavy atom. The van der Waals surface area contributed by atoms with Crippen LogP contribution < -0.4 is 5.32 Å². The van der Waals surface area contributed by atoms with Crippen molar-refractivity contribution in [1.82, 2.24) is 0 Å². The van der Waals surface area contributed by atoms with Crippen molar-refractivity contribution in [3.8, 4) is 11.1 Å². The van der Waals surface area contributed by atoms with Gasteiger partial charge in [-0.1, -0.05) is 99.1 Å². The zero-order valence-corrected chi connectivity index (χ0v) is 30.0. The summed E-state index contributed by atoms with van der Waals surface area (Å²) in [5, 5.41) is 2.49. The summed E-state index contributed by atoms with van der Waals surface area (Å²) in [6.07, 6.45) is -0.478. The zero-order chi connectivity index (χ0) is 37.7. The minimum absolute atomic E-state index is 0.0308. The number of nitrogens with one attached hydrogen (secondary N) is 1. The lowest BCUT2D eigenvalue weighted by atomic mass is 9.89. The van der Waals surface area contributed by atoms with Crippen LogP contribution in [0.3, 0.4) is 0 Å². The number of amides is 1. The third kappa shape index (κ3) is 11.3. The number of hydrogen-bond acceptors (Lipinski definition) is 4. The molecule has 1 unspecified atom stereocenters. The molecule has 51 heavy (non-hydrogen) atoms. The lowest BCUT2D eigenvalue weighted by molar-refractivity contribution is -0.137. The van der Waals surface area contributed by atoms with E-state index < -0.39 is 45.3 Å². The molecule has 0 bridgehead atoms. The maximum absolute atomic E-state index is 15.6. The van der Waals surface area contributed by atoms with Gasteiger partial charge in [0.2, 0.25) is 5.91 Å². The Bertz CT molecular complexity index is 2040. The summed E-state index contributed by atoms with van der Waals surface area (Å²) in [4.78, 5) is 26.5. The van der Waals surface area contributed by atoms with Crippen LogP contribution >= 0.6 is 11.6 Å². The maximum atomic E-state index is 15.6. The van der Waals surface area contributed by atoms with E-state index in [2.05, 4.69) is 32.2 Å². The van der Waals surface area contributed by atoms with E-state index in [1.165, 1.54) is 12.1 Å². The second-order valence-corrected chi connectivity index (χ2v) is 15.4. The normalized spacial score (nSPS) is 13.0. The molecule has 0 spiro atoms. The predicted molar refractivity (Wildman–Crippen MR) is 193 cm³/mol. The van der Waals surface area contributed by atoms with Gasteiger partial charge in [-0.3, -0.25) is 14.1 Å². The zero-order valence-electron chi connectivity index (χ0n) is 28.4. The standard InChI is InChI=1S/C39H38ClF4NO5S/c1-24-20-35(34(41)23-31(24)30-16-15-29(22-33(30)40)39(42,43)44)45-37(47)32(27-11-7-25(8-12-27)17-18-38(2,3)4)21-26-9-13-28(14-10-26)36(46)6-5-19-51(48,49)50/h7-18,20,22-23,32H,5-6,19,21H2,1-4H3,(H,45,47)(H,48,49,50)/b18-17+. The summed E-state index contributed by atoms with van der Waals surface area (Å²) < 4.78 is 85.9. The Balaban J connectivity index is 1.61. The molecule has 1 amide bonds. The third-order valence-corrected chi connectivity index (χ3v) is 9.23. The van der Waals surface area contributed by atoms with Gasteiger partial charge in [-0.2, -0.15) is 21.6 Å². The van der Waals surface area contributed by atoms with Crippen molar-refractivity contribution in [2.75, 3.05) is 11.1 Å². The van der Waals surface area contributed by atoms with Crippen LogP contribution in [0.2, 0.25) is 5.02 Å². The SMILES string of the molecule is Cc1cc(NC(=O)C(Cc2ccc(C(=O)CCCS(=O)(=O)O)cc2)c2ccc(/C=C/C(C)(C)C)cc2)c(F)cc1-c1ccc(C(F)(F)F)cc1Cl. The van der Waals surface area contributed by atoms with Gasteiger partial charge in [0.05, 0.1) is 22.9 Å². The molecule has 0 radical (unpaired) electrons. The molecule has 0 saturated carbocycles. The molecule has 0 aromatic heterocycles. The maximum Gasteiger partial charge on any atom is 0.416 e. The van der Waals surface area contributed by atoms with Gasteiger partial charge in [0.25, 0.3) is 10.1 Å². The lowest BCUT2D eigenvalue weighted by Gasteiger charge is -2.20. The van der Waals surface area contributed by atoms with E-state index in [1.54, 1.807) is 31.2 Å². The van der Waals surface area contributed by atoms with Crippen molar-refractivity contribution in [2.45, 2.75) is 59.1 Å². The molecule has 12 heteroatoms. The summed E-state index contributed by atoms with van der Waals surface area (Å²) in [6.45, 7) is 7.84. The molecule has 0 heterocycles. The number of Topliss-reactive ketones (excluding diaryl/α,β-unsaturated/α-hetero) is 1. The van der Waals surface area contributed by atoms with Crippen molar-refractivity contribution in [1.29, 1.82) is 0 Å². The van der Waals surface area contributed by atoms with E-state index in [1.807, 2.05) is 30.3 Å². The molecule has 0 aliphatic heterocycles. The van der Waals surface area contributed by atoms with Gasteiger partial charge >= 0.3 is 6.18 Å². The van der Waals surface area contributed by atoms with Crippen LogP contribution in [-0.2, 0) is 27.5 Å². The van der Waals surface area contributed by atoms with Crippen molar-refractivity contribution in [3.63, 3.8) is 0 Å². The Kier molecular flexibility index (Phi) is 12.3. The second-order valence-electron chi connectivity index (χ2n) is 13.5. The quantitative estimate of drug-likeness (QED) is 0.0855. The van der Waals surface area contributed by atoms with Crippen LogP contribution in [0.5, 0.6) is 0 Å². The molecule has 0 fully saturated rings. The van der Waals surface area contributed by atoms with Crippen LogP contribution in [0.25, 0.3) is 17.2 Å². The number of rotatable bonds is 12. The highest BCUT2D eigenvalue weighted by atomic mass is 35.5. The Hall–Kier alpha value is -4.32. The molecule has 270 valence electrons. The van der Waals surface area contributed by atoms with Gasteiger partial charge in [0.15, 0.2) is 5.78 Å². The first kappa shape index (κ1) is 39.5. The van der Waals surface area contributed by atoms with Crippen molar-refractivity contribution < 1.29 is 40.1 Å². The first-order valence-corrected chi connectivity index (χ1v) is 18.0. The summed E-state index contributed by atoms with van der Waals surface area (Å²) in [5.74, 6) is -2.95. The van der Waals surface area contributed by atoms with Gasteiger partial charge < -0.3 is 5.32 Å². The summed E-state index contributed by atoms with van der Waals surface area (Å²) in [7, 11) is -4.18. The molecule has 0 aliphatic rings. The fourth-order valence-corrected chi connectivity index (χ4v) is 6.16. The van der Waals surface area contributed by atoms with Gasteiger partial charge in [0.1, 0.15) is 5.82 Å². The lowest BCUT2D eigenvalue weighted by Crippen LogP contribution is -2.24. The molecule has 0 aliphatic carbocycles. The number of ketones is 1. The minimum Gasteiger partial charge on any atom is -0.323 e. The molecular weight excluding hydrogens is 706 g/mol.